The fourth-order valence-corrected chi connectivity index (χ4v) is 9.32. The van der Waals surface area contributed by atoms with Gasteiger partial charge < -0.3 is 4.74 Å². The molecule has 0 aromatic carbocycles. The van der Waals surface area contributed by atoms with Crippen LogP contribution in [0.2, 0.25) is 0 Å². The smallest absolute Gasteiger partial charge is 0.302 e. The van der Waals surface area contributed by atoms with E-state index < -0.39 is 23.2 Å². The molecule has 4 aliphatic rings. The fraction of sp³-hybridized carbons (Fsp3) is 0.821. The Morgan fingerprint density at radius 2 is 1.56 bits per heavy atom. The first-order chi connectivity index (χ1) is 15.8. The summed E-state index contributed by atoms with van der Waals surface area (Å²) in [6.07, 6.45) is 5.62. The highest BCUT2D eigenvalue weighted by Crippen LogP contribution is 2.68. The molecule has 0 saturated heterocycles. The van der Waals surface area contributed by atoms with Gasteiger partial charge in [-0.25, -0.2) is 0 Å². The zero-order chi connectivity index (χ0) is 25.2. The summed E-state index contributed by atoms with van der Waals surface area (Å²) in [7, 11) is 0. The van der Waals surface area contributed by atoms with Crippen LogP contribution in [-0.2, 0) is 28.7 Å². The summed E-state index contributed by atoms with van der Waals surface area (Å²) >= 11 is 0. The van der Waals surface area contributed by atoms with Crippen molar-refractivity contribution in [1.29, 1.82) is 0 Å². The Labute approximate surface area is 202 Å². The van der Waals surface area contributed by atoms with E-state index >= 15 is 0 Å². The summed E-state index contributed by atoms with van der Waals surface area (Å²) in [6, 6.07) is 0. The normalized spacial score (nSPS) is 43.5. The van der Waals surface area contributed by atoms with Crippen LogP contribution in [0.15, 0.2) is 0 Å². The molecule has 6 nitrogen and oxygen atoms in total. The number of hydrogen-bond acceptors (Lipinski definition) is 6. The van der Waals surface area contributed by atoms with Crippen molar-refractivity contribution < 1.29 is 28.7 Å². The van der Waals surface area contributed by atoms with Crippen molar-refractivity contribution in [2.45, 2.75) is 92.6 Å². The highest BCUT2D eigenvalue weighted by Gasteiger charge is 2.67. The van der Waals surface area contributed by atoms with Crippen LogP contribution in [0.1, 0.15) is 86.5 Å². The van der Waals surface area contributed by atoms with Gasteiger partial charge >= 0.3 is 5.97 Å². The van der Waals surface area contributed by atoms with Crippen LogP contribution < -0.4 is 0 Å². The lowest BCUT2D eigenvalue weighted by molar-refractivity contribution is -0.167. The number of ketones is 4. The van der Waals surface area contributed by atoms with Gasteiger partial charge in [-0.15, -0.1) is 0 Å². The van der Waals surface area contributed by atoms with Gasteiger partial charge in [0.25, 0.3) is 0 Å². The molecule has 4 saturated carbocycles. The Bertz CT molecular complexity index is 908. The molecule has 0 bridgehead atoms. The number of esters is 1. The van der Waals surface area contributed by atoms with Crippen molar-refractivity contribution in [1.82, 2.24) is 0 Å². The summed E-state index contributed by atoms with van der Waals surface area (Å²) in [5.41, 5.74) is -0.806. The van der Waals surface area contributed by atoms with Crippen LogP contribution >= 0.6 is 0 Å². The second kappa shape index (κ2) is 8.67. The van der Waals surface area contributed by atoms with Crippen LogP contribution in [0, 0.1) is 52.3 Å². The lowest BCUT2D eigenvalue weighted by Gasteiger charge is -2.60. The number of ether oxygens (including phenoxy) is 1. The third-order valence-corrected chi connectivity index (χ3v) is 10.7. The summed E-state index contributed by atoms with van der Waals surface area (Å²) in [5.74, 6) is -1.39. The van der Waals surface area contributed by atoms with Gasteiger partial charge in [-0.05, 0) is 94.3 Å². The molecule has 188 valence electrons. The molecule has 0 N–H and O–H groups in total. The Balaban J connectivity index is 1.68. The third kappa shape index (κ3) is 3.71. The average molecular weight is 473 g/mol. The molecule has 0 spiro atoms. The van der Waals surface area contributed by atoms with Crippen LogP contribution in [0.4, 0.5) is 0 Å². The number of carbonyl (C=O) groups excluding carboxylic acids is 5. The summed E-state index contributed by atoms with van der Waals surface area (Å²) < 4.78 is 5.55. The summed E-state index contributed by atoms with van der Waals surface area (Å²) in [6.45, 7) is 10.1. The van der Waals surface area contributed by atoms with Gasteiger partial charge in [-0.1, -0.05) is 13.8 Å². The molecular weight excluding hydrogens is 432 g/mol. The fourth-order valence-electron chi connectivity index (χ4n) is 9.32. The van der Waals surface area contributed by atoms with E-state index in [0.29, 0.717) is 24.7 Å². The van der Waals surface area contributed by atoms with Crippen LogP contribution in [-0.4, -0.2) is 35.2 Å². The zero-order valence-corrected chi connectivity index (χ0v) is 21.5. The predicted octanol–water partition coefficient (Wildman–Crippen LogP) is 4.37. The van der Waals surface area contributed by atoms with Gasteiger partial charge in [0.1, 0.15) is 29.2 Å². The molecule has 0 radical (unpaired) electrons. The Hall–Kier alpha value is -1.85. The Morgan fingerprint density at radius 1 is 0.912 bits per heavy atom. The van der Waals surface area contributed by atoms with E-state index in [9.17, 15) is 24.0 Å². The van der Waals surface area contributed by atoms with Crippen molar-refractivity contribution in [3.05, 3.63) is 0 Å². The number of fused-ring (bicyclic) bond motifs is 5. The number of carbonyl (C=O) groups is 5. The zero-order valence-electron chi connectivity index (χ0n) is 21.5. The highest BCUT2D eigenvalue weighted by molar-refractivity contribution is 6.02. The maximum Gasteiger partial charge on any atom is 0.302 e. The first-order valence-electron chi connectivity index (χ1n) is 13.0. The van der Waals surface area contributed by atoms with Crippen LogP contribution in [0.25, 0.3) is 0 Å². The highest BCUT2D eigenvalue weighted by atomic mass is 16.5. The molecule has 4 aliphatic carbocycles. The number of Topliss-reactive ketones (excluding diaryl/α,β-unsaturated/α-hetero) is 4. The SMILES string of the molecule is CC(=O)O[C@H]1CC[C@@]2(C)[C@@H](CC[C@@H]3[C@@H]2CC(=O)[C@@]2(C)[C@H]3C[C@H](C(C(C)=O)C(C)=O)[C@@H]2C(C)=O)C1. The summed E-state index contributed by atoms with van der Waals surface area (Å²) in [4.78, 5) is 63.4. The molecule has 0 aliphatic heterocycles. The minimum Gasteiger partial charge on any atom is -0.463 e. The second-order valence-corrected chi connectivity index (χ2v) is 12.3. The van der Waals surface area contributed by atoms with Crippen molar-refractivity contribution in [2.75, 3.05) is 0 Å². The molecule has 6 heteroatoms. The molecule has 4 rings (SSSR count). The van der Waals surface area contributed by atoms with E-state index in [1.165, 1.54) is 27.7 Å². The van der Waals surface area contributed by atoms with Gasteiger partial charge in [0, 0.05) is 24.7 Å². The van der Waals surface area contributed by atoms with Gasteiger partial charge in [0.15, 0.2) is 0 Å². The minimum absolute atomic E-state index is 0.000908. The van der Waals surface area contributed by atoms with E-state index in [0.717, 1.165) is 32.1 Å². The maximum atomic E-state index is 13.9. The Morgan fingerprint density at radius 3 is 2.12 bits per heavy atom. The van der Waals surface area contributed by atoms with Crippen molar-refractivity contribution in [3.63, 3.8) is 0 Å². The molecular formula is C28H40O6. The first-order valence-corrected chi connectivity index (χ1v) is 13.0. The third-order valence-electron chi connectivity index (χ3n) is 10.7. The first kappa shape index (κ1) is 25.2. The Kier molecular flexibility index (Phi) is 6.44. The second-order valence-electron chi connectivity index (χ2n) is 12.3. The van der Waals surface area contributed by atoms with E-state index in [2.05, 4.69) is 6.92 Å². The molecule has 0 aromatic heterocycles. The quantitative estimate of drug-likeness (QED) is 0.436. The van der Waals surface area contributed by atoms with Crippen molar-refractivity contribution in [3.8, 4) is 0 Å². The largest absolute Gasteiger partial charge is 0.463 e. The molecule has 0 amide bonds. The van der Waals surface area contributed by atoms with Gasteiger partial charge in [-0.3, -0.25) is 24.0 Å². The van der Waals surface area contributed by atoms with E-state index in [-0.39, 0.29) is 52.5 Å². The lowest BCUT2D eigenvalue weighted by Crippen LogP contribution is -2.57. The topological polar surface area (TPSA) is 94.6 Å². The van der Waals surface area contributed by atoms with Crippen LogP contribution in [0.5, 0.6) is 0 Å². The standard InChI is InChI=1S/C28H40O6/c1-14(29)25(15(2)30)21-12-23-20-8-7-18-11-19(34-17(4)32)9-10-27(18,5)22(20)13-24(33)28(23,6)26(21)16(3)31/h18-23,25-26H,7-13H2,1-6H3/t18-,19-,20+,21+,22-,23-,26-,27-,28+/m0/s1. The van der Waals surface area contributed by atoms with Crippen LogP contribution in [0.3, 0.4) is 0 Å². The van der Waals surface area contributed by atoms with Gasteiger partial charge in [0.2, 0.25) is 0 Å². The monoisotopic (exact) mass is 472 g/mol. The average Bonchev–Trinajstić information content (AvgIpc) is 3.02. The van der Waals surface area contributed by atoms with Crippen molar-refractivity contribution >= 4 is 29.1 Å². The molecule has 0 heterocycles. The van der Waals surface area contributed by atoms with E-state index in [1.807, 2.05) is 6.92 Å². The molecule has 4 fully saturated rings. The van der Waals surface area contributed by atoms with E-state index in [4.69, 9.17) is 4.74 Å². The van der Waals surface area contributed by atoms with Gasteiger partial charge in [0.05, 0.1) is 5.92 Å². The molecule has 34 heavy (non-hydrogen) atoms. The van der Waals surface area contributed by atoms with E-state index in [1.54, 1.807) is 0 Å². The maximum absolute atomic E-state index is 13.9. The summed E-state index contributed by atoms with van der Waals surface area (Å²) in [5, 5.41) is 0. The molecule has 0 unspecified atom stereocenters. The molecule has 0 aromatic rings. The minimum atomic E-state index is -0.811. The number of hydrogen-bond donors (Lipinski definition) is 0. The van der Waals surface area contributed by atoms with Crippen molar-refractivity contribution in [2.24, 2.45) is 52.3 Å². The molecule has 9 atom stereocenters. The number of rotatable bonds is 5. The predicted molar refractivity (Wildman–Crippen MR) is 126 cm³/mol. The van der Waals surface area contributed by atoms with Gasteiger partial charge in [-0.2, -0.15) is 0 Å². The lowest BCUT2D eigenvalue weighted by atomic mass is 9.44.